The number of rotatable bonds is 6. The van der Waals surface area contributed by atoms with Crippen molar-refractivity contribution in [3.8, 4) is 17.2 Å². The van der Waals surface area contributed by atoms with Crippen molar-refractivity contribution < 1.29 is 24.2 Å². The van der Waals surface area contributed by atoms with E-state index in [1.54, 1.807) is 54.6 Å². The minimum atomic E-state index is -1.15. The van der Waals surface area contributed by atoms with Crippen LogP contribution in [-0.4, -0.2) is 16.9 Å². The van der Waals surface area contributed by atoms with Crippen LogP contribution in [0, 0.1) is 6.92 Å². The maximum absolute atomic E-state index is 12.9. The van der Waals surface area contributed by atoms with Crippen LogP contribution in [0.2, 0.25) is 0 Å². The molecule has 1 atom stereocenters. The topological polar surface area (TPSA) is 72.8 Å². The standard InChI is InChI=1S/C34H24O5/c1-22-6-8-23(9-7-22)32(36)24-10-18-28(19-11-24)38-29-20-14-26(15-21-29)34(25-12-16-27(35)17-13-25)31-5-3-2-4-30(31)33(37)39-34/h2-21,35H,1H3. The van der Waals surface area contributed by atoms with Gasteiger partial charge in [0, 0.05) is 27.8 Å². The van der Waals surface area contributed by atoms with Crippen LogP contribution in [0.5, 0.6) is 17.2 Å². The van der Waals surface area contributed by atoms with Gasteiger partial charge in [0.1, 0.15) is 17.2 Å². The molecule has 0 saturated heterocycles. The van der Waals surface area contributed by atoms with Crippen molar-refractivity contribution in [3.05, 3.63) is 160 Å². The normalized spacial score (nSPS) is 15.9. The molecular formula is C34H24O5. The van der Waals surface area contributed by atoms with E-state index in [1.807, 2.05) is 73.7 Å². The van der Waals surface area contributed by atoms with Crippen LogP contribution in [-0.2, 0) is 10.3 Å². The van der Waals surface area contributed by atoms with E-state index in [0.29, 0.717) is 28.2 Å². The smallest absolute Gasteiger partial charge is 0.340 e. The maximum Gasteiger partial charge on any atom is 0.340 e. The number of phenolic OH excluding ortho intramolecular Hbond substituents is 1. The fraction of sp³-hybridized carbons (Fsp3) is 0.0588. The summed E-state index contributed by atoms with van der Waals surface area (Å²) < 4.78 is 12.1. The first-order valence-corrected chi connectivity index (χ1v) is 12.6. The predicted molar refractivity (Wildman–Crippen MR) is 147 cm³/mol. The van der Waals surface area contributed by atoms with E-state index >= 15 is 0 Å². The lowest BCUT2D eigenvalue weighted by molar-refractivity contribution is 0.0251. The molecule has 0 aliphatic carbocycles. The van der Waals surface area contributed by atoms with E-state index in [1.165, 1.54) is 0 Å². The molecule has 0 saturated carbocycles. The van der Waals surface area contributed by atoms with Crippen LogP contribution >= 0.6 is 0 Å². The number of hydrogen-bond acceptors (Lipinski definition) is 5. The molecule has 0 fully saturated rings. The Hall–Kier alpha value is -5.16. The van der Waals surface area contributed by atoms with Crippen molar-refractivity contribution in [3.63, 3.8) is 0 Å². The molecular weight excluding hydrogens is 488 g/mol. The van der Waals surface area contributed by atoms with E-state index in [4.69, 9.17) is 9.47 Å². The third kappa shape index (κ3) is 4.34. The number of aromatic hydroxyl groups is 1. The number of benzene rings is 5. The summed E-state index contributed by atoms with van der Waals surface area (Å²) >= 11 is 0. The minimum absolute atomic E-state index is 0.0446. The molecule has 5 nitrogen and oxygen atoms in total. The zero-order valence-corrected chi connectivity index (χ0v) is 21.1. The Morgan fingerprint density at radius 2 is 1.21 bits per heavy atom. The zero-order chi connectivity index (χ0) is 27.0. The number of ether oxygens (including phenoxy) is 2. The van der Waals surface area contributed by atoms with Gasteiger partial charge in [-0.1, -0.05) is 72.3 Å². The lowest BCUT2D eigenvalue weighted by Gasteiger charge is -2.30. The van der Waals surface area contributed by atoms with Gasteiger partial charge >= 0.3 is 5.97 Å². The highest BCUT2D eigenvalue weighted by Crippen LogP contribution is 2.47. The Morgan fingerprint density at radius 1 is 0.692 bits per heavy atom. The highest BCUT2D eigenvalue weighted by molar-refractivity contribution is 6.09. The summed E-state index contributed by atoms with van der Waals surface area (Å²) in [6.45, 7) is 1.99. The SMILES string of the molecule is Cc1ccc(C(=O)c2ccc(Oc3ccc(C4(c5ccc(O)cc5)OC(=O)c5ccccc54)cc3)cc2)cc1. The van der Waals surface area contributed by atoms with Crippen LogP contribution < -0.4 is 4.74 Å². The Labute approximate surface area is 225 Å². The Kier molecular flexibility index (Phi) is 5.97. The molecule has 6 rings (SSSR count). The summed E-state index contributed by atoms with van der Waals surface area (Å²) in [5.41, 5.74) is 3.89. The van der Waals surface area contributed by atoms with Crippen molar-refractivity contribution in [2.24, 2.45) is 0 Å². The molecule has 1 aliphatic rings. The maximum atomic E-state index is 12.9. The molecule has 1 heterocycles. The molecule has 5 aromatic carbocycles. The zero-order valence-electron chi connectivity index (χ0n) is 21.1. The molecule has 0 spiro atoms. The van der Waals surface area contributed by atoms with Gasteiger partial charge in [-0.15, -0.1) is 0 Å². The van der Waals surface area contributed by atoms with Crippen molar-refractivity contribution in [2.45, 2.75) is 12.5 Å². The van der Waals surface area contributed by atoms with E-state index in [-0.39, 0.29) is 11.5 Å². The fourth-order valence-corrected chi connectivity index (χ4v) is 4.95. The van der Waals surface area contributed by atoms with E-state index < -0.39 is 11.6 Å². The molecule has 1 N–H and O–H groups in total. The summed E-state index contributed by atoms with van der Waals surface area (Å²) in [5, 5.41) is 9.85. The highest BCUT2D eigenvalue weighted by Gasteiger charge is 2.48. The number of cyclic esters (lactones) is 1. The summed E-state index contributed by atoms with van der Waals surface area (Å²) in [7, 11) is 0. The Bertz CT molecular complexity index is 1670. The second-order valence-electron chi connectivity index (χ2n) is 9.51. The summed E-state index contributed by atoms with van der Waals surface area (Å²) in [6, 6.07) is 35.9. The van der Waals surface area contributed by atoms with Gasteiger partial charge < -0.3 is 14.6 Å². The quantitative estimate of drug-likeness (QED) is 0.193. The molecule has 190 valence electrons. The Morgan fingerprint density at radius 3 is 1.82 bits per heavy atom. The molecule has 0 amide bonds. The first-order valence-electron chi connectivity index (χ1n) is 12.6. The molecule has 5 heteroatoms. The second kappa shape index (κ2) is 9.62. The van der Waals surface area contributed by atoms with Crippen molar-refractivity contribution in [1.29, 1.82) is 0 Å². The third-order valence-electron chi connectivity index (χ3n) is 6.97. The van der Waals surface area contributed by atoms with Crippen molar-refractivity contribution >= 4 is 11.8 Å². The molecule has 0 bridgehead atoms. The number of fused-ring (bicyclic) bond motifs is 1. The molecule has 0 radical (unpaired) electrons. The van der Waals surface area contributed by atoms with Gasteiger partial charge in [0.15, 0.2) is 11.4 Å². The highest BCUT2D eigenvalue weighted by atomic mass is 16.6. The van der Waals surface area contributed by atoms with Crippen LogP contribution in [0.1, 0.15) is 48.5 Å². The van der Waals surface area contributed by atoms with Crippen LogP contribution in [0.15, 0.2) is 121 Å². The van der Waals surface area contributed by atoms with Gasteiger partial charge in [0.25, 0.3) is 0 Å². The minimum Gasteiger partial charge on any atom is -0.508 e. The van der Waals surface area contributed by atoms with Crippen molar-refractivity contribution in [2.75, 3.05) is 0 Å². The third-order valence-corrected chi connectivity index (χ3v) is 6.97. The van der Waals surface area contributed by atoms with Gasteiger partial charge in [-0.3, -0.25) is 4.79 Å². The van der Waals surface area contributed by atoms with Crippen molar-refractivity contribution in [1.82, 2.24) is 0 Å². The number of phenols is 1. The first kappa shape index (κ1) is 24.2. The largest absolute Gasteiger partial charge is 0.508 e. The lowest BCUT2D eigenvalue weighted by Crippen LogP contribution is -2.29. The average molecular weight is 513 g/mol. The van der Waals surface area contributed by atoms with Gasteiger partial charge in [-0.05, 0) is 61.5 Å². The van der Waals surface area contributed by atoms with Gasteiger partial charge in [0.05, 0.1) is 5.56 Å². The summed E-state index contributed by atoms with van der Waals surface area (Å²) in [5.74, 6) is 0.863. The Balaban J connectivity index is 1.28. The van der Waals surface area contributed by atoms with Crippen LogP contribution in [0.4, 0.5) is 0 Å². The van der Waals surface area contributed by atoms with Gasteiger partial charge in [-0.25, -0.2) is 4.79 Å². The van der Waals surface area contributed by atoms with E-state index in [0.717, 1.165) is 22.3 Å². The van der Waals surface area contributed by atoms with Crippen LogP contribution in [0.25, 0.3) is 0 Å². The molecule has 5 aromatic rings. The van der Waals surface area contributed by atoms with E-state index in [2.05, 4.69) is 0 Å². The monoisotopic (exact) mass is 512 g/mol. The number of ketones is 1. The number of esters is 1. The van der Waals surface area contributed by atoms with Gasteiger partial charge in [0.2, 0.25) is 0 Å². The average Bonchev–Trinajstić information content (AvgIpc) is 3.27. The van der Waals surface area contributed by atoms with Gasteiger partial charge in [-0.2, -0.15) is 0 Å². The number of hydrogen-bond donors (Lipinski definition) is 1. The number of carbonyl (C=O) groups is 2. The first-order chi connectivity index (χ1) is 18.9. The van der Waals surface area contributed by atoms with Crippen LogP contribution in [0.3, 0.4) is 0 Å². The lowest BCUT2D eigenvalue weighted by atomic mass is 9.80. The predicted octanol–water partition coefficient (Wildman–Crippen LogP) is 7.19. The molecule has 39 heavy (non-hydrogen) atoms. The molecule has 0 aromatic heterocycles. The molecule has 1 unspecified atom stereocenters. The number of aryl methyl sites for hydroxylation is 1. The molecule has 1 aliphatic heterocycles. The fourth-order valence-electron chi connectivity index (χ4n) is 4.95. The van der Waals surface area contributed by atoms with E-state index in [9.17, 15) is 14.7 Å². The summed E-state index contributed by atoms with van der Waals surface area (Å²) in [4.78, 5) is 25.6. The summed E-state index contributed by atoms with van der Waals surface area (Å²) in [6.07, 6.45) is 0. The number of carbonyl (C=O) groups excluding carboxylic acids is 2. The second-order valence-corrected chi connectivity index (χ2v) is 9.51.